The van der Waals surface area contributed by atoms with Crippen molar-refractivity contribution in [1.82, 2.24) is 19.7 Å². The molecular formula is C11H16N4O4. The van der Waals surface area contributed by atoms with Crippen LogP contribution in [0.3, 0.4) is 0 Å². The quantitative estimate of drug-likeness (QED) is 0.806. The predicted molar refractivity (Wildman–Crippen MR) is 63.6 cm³/mol. The van der Waals surface area contributed by atoms with Crippen molar-refractivity contribution in [2.24, 2.45) is 0 Å². The second-order valence-corrected chi connectivity index (χ2v) is 5.30. The molecule has 1 amide bonds. The highest BCUT2D eigenvalue weighted by atomic mass is 16.6. The van der Waals surface area contributed by atoms with Gasteiger partial charge in [-0.15, -0.1) is 10.2 Å². The molecule has 2 rings (SSSR count). The Hall–Kier alpha value is -2.12. The summed E-state index contributed by atoms with van der Waals surface area (Å²) in [7, 11) is 0. The molecule has 1 aromatic rings. The zero-order chi connectivity index (χ0) is 14.2. The van der Waals surface area contributed by atoms with E-state index in [1.165, 1.54) is 9.47 Å². The number of aromatic carboxylic acids is 1. The lowest BCUT2D eigenvalue weighted by Crippen LogP contribution is -2.42. The summed E-state index contributed by atoms with van der Waals surface area (Å²) in [6.07, 6.45) is -0.432. The van der Waals surface area contributed by atoms with E-state index in [1.54, 1.807) is 20.8 Å². The van der Waals surface area contributed by atoms with Crippen LogP contribution in [-0.4, -0.2) is 49.0 Å². The molecule has 0 unspecified atom stereocenters. The number of fused-ring (bicyclic) bond motifs is 1. The van der Waals surface area contributed by atoms with Gasteiger partial charge in [0.05, 0.1) is 6.54 Å². The number of nitrogens with zero attached hydrogens (tertiary/aromatic N) is 4. The van der Waals surface area contributed by atoms with Gasteiger partial charge in [0.1, 0.15) is 5.60 Å². The lowest BCUT2D eigenvalue weighted by atomic mass is 10.2. The molecule has 19 heavy (non-hydrogen) atoms. The topological polar surface area (TPSA) is 97.5 Å². The van der Waals surface area contributed by atoms with E-state index in [-0.39, 0.29) is 12.4 Å². The summed E-state index contributed by atoms with van der Waals surface area (Å²) in [5.41, 5.74) is -0.561. The largest absolute Gasteiger partial charge is 0.475 e. The zero-order valence-corrected chi connectivity index (χ0v) is 11.1. The minimum absolute atomic E-state index is 0.0983. The summed E-state index contributed by atoms with van der Waals surface area (Å²) in [5, 5.41) is 16.3. The van der Waals surface area contributed by atoms with E-state index < -0.39 is 17.7 Å². The Kier molecular flexibility index (Phi) is 3.17. The number of carbonyl (C=O) groups is 2. The van der Waals surface area contributed by atoms with Crippen molar-refractivity contribution in [2.75, 3.05) is 6.54 Å². The summed E-state index contributed by atoms with van der Waals surface area (Å²) in [5.74, 6) is -0.766. The fraction of sp³-hybridized carbons (Fsp3) is 0.636. The van der Waals surface area contributed by atoms with Crippen molar-refractivity contribution in [2.45, 2.75) is 39.5 Å². The molecule has 0 saturated heterocycles. The number of ether oxygens (including phenoxy) is 1. The normalized spacial score (nSPS) is 15.0. The third-order valence-corrected chi connectivity index (χ3v) is 2.60. The van der Waals surface area contributed by atoms with Crippen LogP contribution in [0.15, 0.2) is 0 Å². The Morgan fingerprint density at radius 1 is 1.26 bits per heavy atom. The Morgan fingerprint density at radius 3 is 2.53 bits per heavy atom. The first-order valence-electron chi connectivity index (χ1n) is 5.91. The third-order valence-electron chi connectivity index (χ3n) is 2.60. The van der Waals surface area contributed by atoms with Crippen molar-refractivity contribution in [3.8, 4) is 0 Å². The minimum Gasteiger partial charge on any atom is -0.475 e. The lowest BCUT2D eigenvalue weighted by molar-refractivity contribution is 0.0194. The summed E-state index contributed by atoms with van der Waals surface area (Å²) in [4.78, 5) is 24.3. The Labute approximate surface area is 110 Å². The highest BCUT2D eigenvalue weighted by Gasteiger charge is 2.29. The Bertz CT molecular complexity index is 517. The van der Waals surface area contributed by atoms with Crippen LogP contribution in [0.2, 0.25) is 0 Å². The molecule has 0 fully saturated rings. The molecule has 104 valence electrons. The number of amides is 1. The van der Waals surface area contributed by atoms with Crippen LogP contribution in [0.4, 0.5) is 4.79 Å². The first-order chi connectivity index (χ1) is 8.78. The Balaban J connectivity index is 2.11. The molecule has 0 bridgehead atoms. The molecule has 1 aromatic heterocycles. The summed E-state index contributed by atoms with van der Waals surface area (Å²) in [6.45, 7) is 6.30. The first kappa shape index (κ1) is 13.3. The molecule has 2 heterocycles. The van der Waals surface area contributed by atoms with Crippen molar-refractivity contribution in [3.63, 3.8) is 0 Å². The van der Waals surface area contributed by atoms with Gasteiger partial charge in [-0.05, 0) is 20.8 Å². The fourth-order valence-corrected chi connectivity index (χ4v) is 1.80. The second-order valence-electron chi connectivity index (χ2n) is 5.30. The number of hydrogen-bond donors (Lipinski definition) is 1. The molecule has 0 radical (unpaired) electrons. The van der Waals surface area contributed by atoms with Gasteiger partial charge in [-0.25, -0.2) is 9.59 Å². The lowest BCUT2D eigenvalue weighted by Gasteiger charge is -2.30. The first-order valence-corrected chi connectivity index (χ1v) is 5.91. The molecule has 0 aliphatic carbocycles. The van der Waals surface area contributed by atoms with Gasteiger partial charge in [-0.1, -0.05) is 0 Å². The maximum absolute atomic E-state index is 11.9. The molecule has 8 heteroatoms. The van der Waals surface area contributed by atoms with E-state index in [2.05, 4.69) is 10.2 Å². The molecule has 0 saturated carbocycles. The van der Waals surface area contributed by atoms with Crippen LogP contribution >= 0.6 is 0 Å². The molecule has 1 aliphatic heterocycles. The van der Waals surface area contributed by atoms with E-state index in [4.69, 9.17) is 9.84 Å². The van der Waals surface area contributed by atoms with Crippen molar-refractivity contribution < 1.29 is 19.4 Å². The van der Waals surface area contributed by atoms with Crippen LogP contribution in [0, 0.1) is 0 Å². The van der Waals surface area contributed by atoms with Crippen molar-refractivity contribution >= 4 is 12.1 Å². The second kappa shape index (κ2) is 4.52. The highest BCUT2D eigenvalue weighted by molar-refractivity contribution is 5.83. The highest BCUT2D eigenvalue weighted by Crippen LogP contribution is 2.16. The summed E-state index contributed by atoms with van der Waals surface area (Å²) < 4.78 is 6.76. The van der Waals surface area contributed by atoms with E-state index in [9.17, 15) is 9.59 Å². The average Bonchev–Trinajstić information content (AvgIpc) is 2.68. The number of carbonyl (C=O) groups excluding carboxylic acids is 1. The number of aromatic nitrogens is 3. The monoisotopic (exact) mass is 268 g/mol. The van der Waals surface area contributed by atoms with Crippen molar-refractivity contribution in [1.29, 1.82) is 0 Å². The van der Waals surface area contributed by atoms with Gasteiger partial charge in [0, 0.05) is 13.1 Å². The standard InChI is InChI=1S/C11H16N4O4/c1-11(2,3)19-10(18)14-4-5-15-7(6-14)12-13-8(15)9(16)17/h4-6H2,1-3H3,(H,16,17). The molecule has 0 spiro atoms. The summed E-state index contributed by atoms with van der Waals surface area (Å²) >= 11 is 0. The van der Waals surface area contributed by atoms with Gasteiger partial charge in [-0.3, -0.25) is 4.90 Å². The average molecular weight is 268 g/mol. The van der Waals surface area contributed by atoms with E-state index >= 15 is 0 Å². The van der Waals surface area contributed by atoms with Gasteiger partial charge < -0.3 is 14.4 Å². The van der Waals surface area contributed by atoms with E-state index in [0.29, 0.717) is 18.9 Å². The van der Waals surface area contributed by atoms with Crippen LogP contribution < -0.4 is 0 Å². The number of rotatable bonds is 1. The maximum atomic E-state index is 11.9. The van der Waals surface area contributed by atoms with Gasteiger partial charge in [0.15, 0.2) is 5.82 Å². The number of carboxylic acid groups (broad SMARTS) is 1. The molecule has 1 N–H and O–H groups in total. The van der Waals surface area contributed by atoms with Gasteiger partial charge in [-0.2, -0.15) is 0 Å². The molecule has 8 nitrogen and oxygen atoms in total. The van der Waals surface area contributed by atoms with Crippen LogP contribution in [-0.2, 0) is 17.8 Å². The third kappa shape index (κ3) is 2.83. The zero-order valence-electron chi connectivity index (χ0n) is 11.1. The van der Waals surface area contributed by atoms with E-state index in [1.807, 2.05) is 0 Å². The maximum Gasteiger partial charge on any atom is 0.410 e. The van der Waals surface area contributed by atoms with E-state index in [0.717, 1.165) is 0 Å². The predicted octanol–water partition coefficient (Wildman–Crippen LogP) is 0.727. The number of hydrogen-bond acceptors (Lipinski definition) is 5. The van der Waals surface area contributed by atoms with Gasteiger partial charge in [0.2, 0.25) is 5.82 Å². The minimum atomic E-state index is -1.12. The number of carboxylic acids is 1. The van der Waals surface area contributed by atoms with Crippen molar-refractivity contribution in [3.05, 3.63) is 11.6 Å². The molecule has 0 atom stereocenters. The fourth-order valence-electron chi connectivity index (χ4n) is 1.80. The van der Waals surface area contributed by atoms with Gasteiger partial charge >= 0.3 is 12.1 Å². The van der Waals surface area contributed by atoms with Crippen LogP contribution in [0.1, 0.15) is 37.2 Å². The van der Waals surface area contributed by atoms with Crippen LogP contribution in [0.25, 0.3) is 0 Å². The van der Waals surface area contributed by atoms with Gasteiger partial charge in [0.25, 0.3) is 0 Å². The SMILES string of the molecule is CC(C)(C)OC(=O)N1CCn2c(nnc2C(=O)O)C1. The molecular weight excluding hydrogens is 252 g/mol. The Morgan fingerprint density at radius 2 is 1.95 bits per heavy atom. The van der Waals surface area contributed by atoms with Crippen LogP contribution in [0.5, 0.6) is 0 Å². The summed E-state index contributed by atoms with van der Waals surface area (Å²) in [6, 6.07) is 0. The smallest absolute Gasteiger partial charge is 0.410 e. The molecule has 0 aromatic carbocycles. The molecule has 1 aliphatic rings.